The molecule has 0 aromatic carbocycles. The predicted molar refractivity (Wildman–Crippen MR) is 162 cm³/mol. The average Bonchev–Trinajstić information content (AvgIpc) is 2.78. The van der Waals surface area contributed by atoms with Crippen molar-refractivity contribution < 1.29 is 29.7 Å². The summed E-state index contributed by atoms with van der Waals surface area (Å²) in [5, 5.41) is 27.3. The van der Waals surface area contributed by atoms with Crippen molar-refractivity contribution in [2.24, 2.45) is 0 Å². The van der Waals surface area contributed by atoms with Gasteiger partial charge in [-0.15, -0.1) is 0 Å². The zero-order valence-electron chi connectivity index (χ0n) is 20.3. The molecule has 0 aliphatic heterocycles. The van der Waals surface area contributed by atoms with Crippen molar-refractivity contribution in [2.75, 3.05) is 17.3 Å². The second-order valence-corrected chi connectivity index (χ2v) is 15.3. The first kappa shape index (κ1) is 35.5. The maximum absolute atomic E-state index is 10.8. The Kier molecular flexibility index (Phi) is 25.2. The van der Waals surface area contributed by atoms with Crippen molar-refractivity contribution in [3.8, 4) is 0 Å². The van der Waals surface area contributed by atoms with Crippen LogP contribution in [-0.4, -0.2) is 66.2 Å². The summed E-state index contributed by atoms with van der Waals surface area (Å²) in [6, 6.07) is 0. The fraction of sp³-hybridized carbons (Fsp3) is 0.870. The van der Waals surface area contributed by atoms with Gasteiger partial charge in [0, 0.05) is 52.3 Å². The Morgan fingerprint density at radius 2 is 1.06 bits per heavy atom. The molecule has 3 unspecified atom stereocenters. The maximum Gasteiger partial charge on any atom is 0.303 e. The van der Waals surface area contributed by atoms with Gasteiger partial charge < -0.3 is 15.3 Å². The summed E-state index contributed by atoms with van der Waals surface area (Å²) in [6.45, 7) is 0. The SMILES string of the molecule is O=C(O)CCCCC(S)CCSSC(CCCCC(=O)O)CCSSCC(S)CCCCC(=O)O. The van der Waals surface area contributed by atoms with Crippen LogP contribution in [0.15, 0.2) is 0 Å². The summed E-state index contributed by atoms with van der Waals surface area (Å²) in [6.07, 6.45) is 10.5. The molecule has 0 bridgehead atoms. The van der Waals surface area contributed by atoms with Gasteiger partial charge in [0.25, 0.3) is 0 Å². The van der Waals surface area contributed by atoms with Crippen LogP contribution in [0.4, 0.5) is 0 Å². The van der Waals surface area contributed by atoms with E-state index >= 15 is 0 Å². The first-order chi connectivity index (χ1) is 16.7. The van der Waals surface area contributed by atoms with Crippen LogP contribution in [0.5, 0.6) is 0 Å². The lowest BCUT2D eigenvalue weighted by Gasteiger charge is -2.16. The van der Waals surface area contributed by atoms with Gasteiger partial charge in [0.15, 0.2) is 0 Å². The minimum absolute atomic E-state index is 0.229. The number of carboxylic acid groups (broad SMARTS) is 3. The number of rotatable bonds is 26. The average molecular weight is 607 g/mol. The number of carbonyl (C=O) groups is 3. The van der Waals surface area contributed by atoms with E-state index in [1.54, 1.807) is 0 Å². The first-order valence-electron chi connectivity index (χ1n) is 12.2. The van der Waals surface area contributed by atoms with E-state index in [1.807, 2.05) is 43.2 Å². The summed E-state index contributed by atoms with van der Waals surface area (Å²) in [7, 11) is 7.46. The van der Waals surface area contributed by atoms with Crippen LogP contribution in [0, 0.1) is 0 Å². The number of unbranched alkanes of at least 4 members (excludes halogenated alkanes) is 3. The highest BCUT2D eigenvalue weighted by Gasteiger charge is 2.12. The molecule has 0 spiro atoms. The second-order valence-electron chi connectivity index (χ2n) is 8.45. The summed E-state index contributed by atoms with van der Waals surface area (Å²) < 4.78 is 0. The fourth-order valence-corrected chi connectivity index (χ4v) is 9.69. The topological polar surface area (TPSA) is 112 Å². The monoisotopic (exact) mass is 606 g/mol. The number of thiol groups is 2. The molecule has 0 saturated heterocycles. The van der Waals surface area contributed by atoms with E-state index in [0.717, 1.165) is 75.0 Å². The van der Waals surface area contributed by atoms with Crippen molar-refractivity contribution in [3.63, 3.8) is 0 Å². The highest BCUT2D eigenvalue weighted by Crippen LogP contribution is 2.36. The van der Waals surface area contributed by atoms with Gasteiger partial charge in [-0.25, -0.2) is 0 Å². The van der Waals surface area contributed by atoms with E-state index in [-0.39, 0.29) is 24.5 Å². The molecule has 12 heteroatoms. The van der Waals surface area contributed by atoms with Crippen LogP contribution >= 0.6 is 68.4 Å². The third kappa shape index (κ3) is 27.4. The predicted octanol–water partition coefficient (Wildman–Crippen LogP) is 7.43. The van der Waals surface area contributed by atoms with E-state index in [0.29, 0.717) is 23.3 Å². The molecule has 0 rings (SSSR count). The van der Waals surface area contributed by atoms with Gasteiger partial charge in [-0.2, -0.15) is 25.3 Å². The minimum atomic E-state index is -0.739. The maximum atomic E-state index is 10.8. The number of hydrogen-bond donors (Lipinski definition) is 5. The molecule has 0 fully saturated rings. The standard InChI is InChI=1S/C23H42O6S6/c24-21(25)10-4-1-7-18(30)13-15-33-35-20(9-3-6-12-23(28)29)14-16-32-34-17-19(31)8-2-5-11-22(26)27/h18-20,30-31H,1-17H2,(H,24,25)(H,26,27)(H,28,29). The molecule has 206 valence electrons. The smallest absolute Gasteiger partial charge is 0.303 e. The van der Waals surface area contributed by atoms with E-state index in [9.17, 15) is 14.4 Å². The lowest BCUT2D eigenvalue weighted by molar-refractivity contribution is -0.138. The van der Waals surface area contributed by atoms with E-state index in [1.165, 1.54) is 0 Å². The van der Waals surface area contributed by atoms with Crippen LogP contribution < -0.4 is 0 Å². The Balaban J connectivity index is 4.06. The van der Waals surface area contributed by atoms with Gasteiger partial charge in [0.2, 0.25) is 0 Å². The van der Waals surface area contributed by atoms with E-state index in [4.69, 9.17) is 15.3 Å². The lowest BCUT2D eigenvalue weighted by Crippen LogP contribution is -2.06. The molecule has 0 aromatic heterocycles. The van der Waals surface area contributed by atoms with Gasteiger partial charge in [0.05, 0.1) is 0 Å². The lowest BCUT2D eigenvalue weighted by atomic mass is 10.1. The molecule has 0 radical (unpaired) electrons. The third-order valence-electron chi connectivity index (χ3n) is 5.13. The fourth-order valence-electron chi connectivity index (χ4n) is 3.12. The minimum Gasteiger partial charge on any atom is -0.481 e. The summed E-state index contributed by atoms with van der Waals surface area (Å²) in [5.41, 5.74) is 0. The van der Waals surface area contributed by atoms with Crippen molar-refractivity contribution >= 4 is 86.3 Å². The molecule has 3 atom stereocenters. The molecule has 6 nitrogen and oxygen atoms in total. The molecular weight excluding hydrogens is 565 g/mol. The highest BCUT2D eigenvalue weighted by atomic mass is 33.1. The molecule has 35 heavy (non-hydrogen) atoms. The number of carboxylic acids is 3. The molecular formula is C23H42O6S6. The molecule has 0 aliphatic carbocycles. The van der Waals surface area contributed by atoms with Gasteiger partial charge in [-0.05, 0) is 51.4 Å². The van der Waals surface area contributed by atoms with Crippen LogP contribution in [0.3, 0.4) is 0 Å². The molecule has 0 saturated carbocycles. The third-order valence-corrected chi connectivity index (χ3v) is 11.9. The van der Waals surface area contributed by atoms with Crippen molar-refractivity contribution in [2.45, 2.75) is 106 Å². The zero-order valence-corrected chi connectivity index (χ0v) is 25.4. The molecule has 0 aliphatic rings. The summed E-state index contributed by atoms with van der Waals surface area (Å²) >= 11 is 9.25. The second kappa shape index (κ2) is 24.8. The van der Waals surface area contributed by atoms with Gasteiger partial charge in [0.1, 0.15) is 0 Å². The largest absolute Gasteiger partial charge is 0.481 e. The van der Waals surface area contributed by atoms with E-state index in [2.05, 4.69) is 25.3 Å². The highest BCUT2D eigenvalue weighted by molar-refractivity contribution is 8.77. The van der Waals surface area contributed by atoms with Gasteiger partial charge >= 0.3 is 17.9 Å². The quantitative estimate of drug-likeness (QED) is 0.0387. The van der Waals surface area contributed by atoms with Crippen LogP contribution in [0.25, 0.3) is 0 Å². The molecule has 0 aromatic rings. The first-order valence-corrected chi connectivity index (χ1v) is 18.1. The number of hydrogen-bond acceptors (Lipinski definition) is 9. The molecule has 0 heterocycles. The molecule has 3 N–H and O–H groups in total. The summed E-state index contributed by atoms with van der Waals surface area (Å²) in [5.74, 6) is 0.786. The van der Waals surface area contributed by atoms with Gasteiger partial charge in [-0.1, -0.05) is 62.4 Å². The Morgan fingerprint density at radius 3 is 1.60 bits per heavy atom. The van der Waals surface area contributed by atoms with Crippen LogP contribution in [0.1, 0.15) is 89.9 Å². The molecule has 0 amide bonds. The Morgan fingerprint density at radius 1 is 0.571 bits per heavy atom. The van der Waals surface area contributed by atoms with Crippen LogP contribution in [0.2, 0.25) is 0 Å². The Labute approximate surface area is 237 Å². The van der Waals surface area contributed by atoms with Crippen molar-refractivity contribution in [1.29, 1.82) is 0 Å². The number of aliphatic carboxylic acids is 3. The zero-order chi connectivity index (χ0) is 26.3. The van der Waals surface area contributed by atoms with E-state index < -0.39 is 17.9 Å². The van der Waals surface area contributed by atoms with Gasteiger partial charge in [-0.3, -0.25) is 14.4 Å². The summed E-state index contributed by atoms with van der Waals surface area (Å²) in [4.78, 5) is 31.9. The van der Waals surface area contributed by atoms with Crippen LogP contribution in [-0.2, 0) is 14.4 Å². The van der Waals surface area contributed by atoms with Crippen molar-refractivity contribution in [1.82, 2.24) is 0 Å². The Hall–Kier alpha value is 0.510. The Bertz CT molecular complexity index is 569. The van der Waals surface area contributed by atoms with Crippen molar-refractivity contribution in [3.05, 3.63) is 0 Å². The normalized spacial score (nSPS) is 13.9.